The van der Waals surface area contributed by atoms with E-state index >= 15 is 0 Å². The first kappa shape index (κ1) is 12.5. The second-order valence-corrected chi connectivity index (χ2v) is 6.34. The number of piperidine rings is 1. The van der Waals surface area contributed by atoms with E-state index in [1.54, 1.807) is 0 Å². The van der Waals surface area contributed by atoms with Crippen LogP contribution < -0.4 is 0 Å². The molecule has 0 amide bonds. The van der Waals surface area contributed by atoms with Crippen molar-refractivity contribution in [2.75, 3.05) is 6.54 Å². The van der Waals surface area contributed by atoms with Gasteiger partial charge in [-0.05, 0) is 30.7 Å². The van der Waals surface area contributed by atoms with Gasteiger partial charge in [0.2, 0.25) is 0 Å². The van der Waals surface area contributed by atoms with Crippen LogP contribution >= 0.6 is 11.6 Å². The number of halogens is 1. The van der Waals surface area contributed by atoms with Crippen molar-refractivity contribution in [2.24, 2.45) is 5.92 Å². The van der Waals surface area contributed by atoms with Gasteiger partial charge in [0, 0.05) is 24.5 Å². The molecule has 1 aliphatic carbocycles. The Hall–Kier alpha value is -0.530. The summed E-state index contributed by atoms with van der Waals surface area (Å²) in [6.07, 6.45) is 6.61. The topological polar surface area (TPSA) is 3.24 Å². The Kier molecular flexibility index (Phi) is 3.91. The largest absolute Gasteiger partial charge is 0.296 e. The Morgan fingerprint density at radius 2 is 1.83 bits per heavy atom. The van der Waals surface area contributed by atoms with Crippen LogP contribution in [0, 0.1) is 5.92 Å². The van der Waals surface area contributed by atoms with Crippen molar-refractivity contribution < 1.29 is 0 Å². The molecule has 1 aromatic carbocycles. The lowest BCUT2D eigenvalue weighted by molar-refractivity contribution is 0.0577. The number of hydrogen-bond acceptors (Lipinski definition) is 1. The maximum atomic E-state index is 6.53. The van der Waals surface area contributed by atoms with Crippen molar-refractivity contribution in [1.29, 1.82) is 0 Å². The third-order valence-corrected chi connectivity index (χ3v) is 5.18. The fourth-order valence-electron chi connectivity index (χ4n) is 3.70. The zero-order valence-corrected chi connectivity index (χ0v) is 11.6. The summed E-state index contributed by atoms with van der Waals surface area (Å²) in [5.41, 5.74) is 1.44. The Balaban J connectivity index is 1.71. The molecule has 1 aliphatic heterocycles. The molecule has 0 spiro atoms. The molecule has 1 saturated heterocycles. The zero-order valence-electron chi connectivity index (χ0n) is 10.9. The van der Waals surface area contributed by atoms with Crippen LogP contribution in [0.4, 0.5) is 0 Å². The monoisotopic (exact) mass is 263 g/mol. The minimum absolute atomic E-state index is 0.419. The van der Waals surface area contributed by atoms with Gasteiger partial charge < -0.3 is 0 Å². The van der Waals surface area contributed by atoms with Crippen molar-refractivity contribution in [2.45, 2.75) is 50.1 Å². The summed E-state index contributed by atoms with van der Waals surface area (Å²) in [7, 11) is 0. The van der Waals surface area contributed by atoms with Gasteiger partial charge in [-0.15, -0.1) is 11.6 Å². The van der Waals surface area contributed by atoms with E-state index in [0.29, 0.717) is 5.38 Å². The fraction of sp³-hybridized carbons (Fsp3) is 0.625. The van der Waals surface area contributed by atoms with Crippen LogP contribution in [0.2, 0.25) is 0 Å². The molecule has 1 saturated carbocycles. The van der Waals surface area contributed by atoms with E-state index in [1.165, 1.54) is 37.8 Å². The normalized spacial score (nSPS) is 33.1. The third kappa shape index (κ3) is 2.57. The number of benzene rings is 1. The molecule has 0 aromatic heterocycles. The molecule has 0 radical (unpaired) electrons. The number of alkyl halides is 1. The van der Waals surface area contributed by atoms with E-state index in [0.717, 1.165) is 24.9 Å². The lowest BCUT2D eigenvalue weighted by Crippen LogP contribution is -2.50. The summed E-state index contributed by atoms with van der Waals surface area (Å²) < 4.78 is 0. The molecule has 1 nitrogen and oxygen atoms in total. The number of fused-ring (bicyclic) bond motifs is 1. The average Bonchev–Trinajstić information content (AvgIpc) is 2.44. The van der Waals surface area contributed by atoms with Crippen molar-refractivity contribution in [3.8, 4) is 0 Å². The lowest BCUT2D eigenvalue weighted by Gasteiger charge is -2.46. The van der Waals surface area contributed by atoms with E-state index in [-0.39, 0.29) is 0 Å². The minimum Gasteiger partial charge on any atom is -0.296 e. The Morgan fingerprint density at radius 1 is 1.06 bits per heavy atom. The first-order valence-electron chi connectivity index (χ1n) is 7.26. The molecular formula is C16H22ClN. The van der Waals surface area contributed by atoms with Gasteiger partial charge in [-0.1, -0.05) is 43.2 Å². The van der Waals surface area contributed by atoms with Gasteiger partial charge in [-0.3, -0.25) is 4.90 Å². The summed E-state index contributed by atoms with van der Waals surface area (Å²) in [5.74, 6) is 0.734. The highest BCUT2D eigenvalue weighted by molar-refractivity contribution is 6.20. The highest BCUT2D eigenvalue weighted by Gasteiger charge is 2.38. The molecule has 1 heterocycles. The zero-order chi connectivity index (χ0) is 12.4. The van der Waals surface area contributed by atoms with Gasteiger partial charge in [0.1, 0.15) is 0 Å². The summed E-state index contributed by atoms with van der Waals surface area (Å²) in [6.45, 7) is 2.27. The molecule has 98 valence electrons. The summed E-state index contributed by atoms with van der Waals surface area (Å²) in [5, 5.41) is 0.419. The highest BCUT2D eigenvalue weighted by atomic mass is 35.5. The maximum absolute atomic E-state index is 6.53. The van der Waals surface area contributed by atoms with Gasteiger partial charge in [0.05, 0.1) is 0 Å². The summed E-state index contributed by atoms with van der Waals surface area (Å²) in [4.78, 5) is 2.68. The predicted molar refractivity (Wildman–Crippen MR) is 76.9 cm³/mol. The van der Waals surface area contributed by atoms with Crippen LogP contribution in [0.3, 0.4) is 0 Å². The standard InChI is InChI=1S/C16H22ClN/c17-15-10-11-18(12-13-6-2-1-3-7-13)16-9-5-4-8-14(15)16/h1-3,6-7,14-16H,4-5,8-12H2. The number of likely N-dealkylation sites (tertiary alicyclic amines) is 1. The molecule has 3 rings (SSSR count). The SMILES string of the molecule is ClC1CCN(Cc2ccccc2)C2CCCCC12. The van der Waals surface area contributed by atoms with Gasteiger partial charge in [-0.2, -0.15) is 0 Å². The Morgan fingerprint density at radius 3 is 2.67 bits per heavy atom. The van der Waals surface area contributed by atoms with Crippen molar-refractivity contribution >= 4 is 11.6 Å². The number of nitrogens with zero attached hydrogens (tertiary/aromatic N) is 1. The molecule has 3 atom stereocenters. The van der Waals surface area contributed by atoms with Gasteiger partial charge in [0.25, 0.3) is 0 Å². The summed E-state index contributed by atoms with van der Waals surface area (Å²) >= 11 is 6.53. The van der Waals surface area contributed by atoms with E-state index in [1.807, 2.05) is 0 Å². The second-order valence-electron chi connectivity index (χ2n) is 5.78. The van der Waals surface area contributed by atoms with Crippen molar-refractivity contribution in [1.82, 2.24) is 4.90 Å². The highest BCUT2D eigenvalue weighted by Crippen LogP contribution is 2.38. The molecule has 2 fully saturated rings. The smallest absolute Gasteiger partial charge is 0.0391 e. The molecule has 3 unspecified atom stereocenters. The van der Waals surface area contributed by atoms with Crippen molar-refractivity contribution in [3.63, 3.8) is 0 Å². The maximum Gasteiger partial charge on any atom is 0.0391 e. The van der Waals surface area contributed by atoms with Crippen LogP contribution in [0.25, 0.3) is 0 Å². The minimum atomic E-state index is 0.419. The predicted octanol–water partition coefficient (Wildman–Crippen LogP) is 4.06. The van der Waals surface area contributed by atoms with Crippen LogP contribution in [0.15, 0.2) is 30.3 Å². The Bertz CT molecular complexity index is 378. The van der Waals surface area contributed by atoms with Crippen LogP contribution in [0.5, 0.6) is 0 Å². The molecule has 18 heavy (non-hydrogen) atoms. The number of hydrogen-bond donors (Lipinski definition) is 0. The Labute approximate surface area is 115 Å². The van der Waals surface area contributed by atoms with Gasteiger partial charge >= 0.3 is 0 Å². The van der Waals surface area contributed by atoms with E-state index in [9.17, 15) is 0 Å². The first-order valence-corrected chi connectivity index (χ1v) is 7.70. The number of rotatable bonds is 2. The molecule has 0 N–H and O–H groups in total. The molecule has 0 bridgehead atoms. The van der Waals surface area contributed by atoms with Crippen LogP contribution in [0.1, 0.15) is 37.7 Å². The molecular weight excluding hydrogens is 242 g/mol. The molecule has 2 heteroatoms. The van der Waals surface area contributed by atoms with Gasteiger partial charge in [0.15, 0.2) is 0 Å². The quantitative estimate of drug-likeness (QED) is 0.728. The molecule has 1 aromatic rings. The van der Waals surface area contributed by atoms with Gasteiger partial charge in [-0.25, -0.2) is 0 Å². The third-order valence-electron chi connectivity index (χ3n) is 4.64. The van der Waals surface area contributed by atoms with Crippen LogP contribution in [-0.4, -0.2) is 22.9 Å². The lowest BCUT2D eigenvalue weighted by atomic mass is 9.78. The first-order chi connectivity index (χ1) is 8.84. The summed E-state index contributed by atoms with van der Waals surface area (Å²) in [6, 6.07) is 11.6. The van der Waals surface area contributed by atoms with E-state index < -0.39 is 0 Å². The average molecular weight is 264 g/mol. The van der Waals surface area contributed by atoms with E-state index in [4.69, 9.17) is 11.6 Å². The molecule has 2 aliphatic rings. The van der Waals surface area contributed by atoms with Crippen molar-refractivity contribution in [3.05, 3.63) is 35.9 Å². The van der Waals surface area contributed by atoms with Crippen LogP contribution in [-0.2, 0) is 6.54 Å². The van der Waals surface area contributed by atoms with E-state index in [2.05, 4.69) is 35.2 Å². The fourth-order valence-corrected chi connectivity index (χ4v) is 4.09. The second kappa shape index (κ2) is 5.63.